The normalized spacial score (nSPS) is 16.7. The first kappa shape index (κ1) is 30.0. The Morgan fingerprint density at radius 3 is 2.10 bits per heavy atom. The fourth-order valence-electron chi connectivity index (χ4n) is 4.35. The number of aromatic nitrogens is 3. The molecule has 7 nitrogen and oxygen atoms in total. The number of alkyl halides is 6. The maximum Gasteiger partial charge on any atom is 0.573 e. The predicted octanol–water partition coefficient (Wildman–Crippen LogP) is 7.37. The van der Waals surface area contributed by atoms with Crippen molar-refractivity contribution in [2.24, 2.45) is 0 Å². The minimum Gasteiger partial charge on any atom is -0.440 e. The van der Waals surface area contributed by atoms with Crippen molar-refractivity contribution in [1.29, 1.82) is 0 Å². The van der Waals surface area contributed by atoms with Gasteiger partial charge in [0, 0.05) is 18.1 Å². The zero-order valence-corrected chi connectivity index (χ0v) is 23.6. The smallest absolute Gasteiger partial charge is 0.440 e. The van der Waals surface area contributed by atoms with E-state index in [0.29, 0.717) is 11.0 Å². The van der Waals surface area contributed by atoms with E-state index >= 15 is 0 Å². The first-order chi connectivity index (χ1) is 19.3. The van der Waals surface area contributed by atoms with Crippen LogP contribution in [-0.2, 0) is 15.5 Å². The van der Waals surface area contributed by atoms with E-state index in [-0.39, 0.29) is 28.6 Å². The highest BCUT2D eigenvalue weighted by Gasteiger charge is 2.52. The number of benzene rings is 2. The molecule has 0 aliphatic carbocycles. The van der Waals surface area contributed by atoms with Crippen LogP contribution in [0, 0.1) is 6.92 Å². The van der Waals surface area contributed by atoms with Gasteiger partial charge in [-0.2, -0.15) is 18.3 Å². The van der Waals surface area contributed by atoms with Gasteiger partial charge in [-0.3, -0.25) is 0 Å². The summed E-state index contributed by atoms with van der Waals surface area (Å²) in [5.41, 5.74) is -1.13. The van der Waals surface area contributed by atoms with E-state index in [0.717, 1.165) is 23.0 Å². The van der Waals surface area contributed by atoms with Gasteiger partial charge in [-0.05, 0) is 69.6 Å². The number of aryl methyl sites for hydroxylation is 1. The monoisotopic (exact) mass is 613 g/mol. The SMILES string of the molecule is Cc1nc(-c2ccc(OC(F)(F)F)cc2)c(-c2cc(B3OC(C)(C)C(C)(C)O3)ccc2-n2cc(Cl)c(C(F)(F)F)n2)o1. The summed E-state index contributed by atoms with van der Waals surface area (Å²) in [4.78, 5) is 4.40. The molecule has 0 bridgehead atoms. The van der Waals surface area contributed by atoms with Crippen LogP contribution in [0.5, 0.6) is 5.75 Å². The maximum absolute atomic E-state index is 13.5. The van der Waals surface area contributed by atoms with E-state index in [1.165, 1.54) is 18.2 Å². The van der Waals surface area contributed by atoms with Crippen molar-refractivity contribution in [3.8, 4) is 34.0 Å². The van der Waals surface area contributed by atoms with Crippen molar-refractivity contribution in [2.75, 3.05) is 0 Å². The molecule has 1 fully saturated rings. The van der Waals surface area contributed by atoms with Gasteiger partial charge in [0.15, 0.2) is 17.3 Å². The first-order valence-corrected chi connectivity index (χ1v) is 12.9. The third-order valence-electron chi connectivity index (χ3n) is 7.07. The molecule has 222 valence electrons. The number of hydrogen-bond acceptors (Lipinski definition) is 6. The summed E-state index contributed by atoms with van der Waals surface area (Å²) in [6.45, 7) is 9.04. The average molecular weight is 614 g/mol. The Morgan fingerprint density at radius 2 is 1.55 bits per heavy atom. The largest absolute Gasteiger partial charge is 0.573 e. The van der Waals surface area contributed by atoms with Crippen LogP contribution in [0.25, 0.3) is 28.3 Å². The molecule has 0 amide bonds. The summed E-state index contributed by atoms with van der Waals surface area (Å²) < 4.78 is 102. The molecule has 3 heterocycles. The standard InChI is InChI=1S/C27H23BClF6N3O4/c1-14-36-21(15-6-9-17(10-7-15)40-27(33,34)35)22(39-14)18-12-16(28-41-24(2,3)25(4,5)42-28)8-11-20(18)38-13-19(29)23(37-38)26(30,31)32/h6-13H,1-5H3. The maximum atomic E-state index is 13.5. The average Bonchev–Trinajstić information content (AvgIpc) is 3.50. The minimum atomic E-state index is -4.87. The minimum absolute atomic E-state index is 0.116. The molecule has 0 saturated carbocycles. The van der Waals surface area contributed by atoms with Gasteiger partial charge in [0.05, 0.1) is 28.1 Å². The first-order valence-electron chi connectivity index (χ1n) is 12.5. The lowest BCUT2D eigenvalue weighted by atomic mass is 9.78. The van der Waals surface area contributed by atoms with Gasteiger partial charge in [-0.25, -0.2) is 9.67 Å². The van der Waals surface area contributed by atoms with E-state index in [4.69, 9.17) is 25.3 Å². The number of nitrogens with zero attached hydrogens (tertiary/aromatic N) is 3. The highest BCUT2D eigenvalue weighted by Crippen LogP contribution is 2.40. The van der Waals surface area contributed by atoms with Crippen molar-refractivity contribution >= 4 is 24.2 Å². The Balaban J connectivity index is 1.66. The van der Waals surface area contributed by atoms with Gasteiger partial charge in [0.1, 0.15) is 11.4 Å². The second-order valence-electron chi connectivity index (χ2n) is 10.6. The molecule has 1 aliphatic rings. The molecule has 15 heteroatoms. The third-order valence-corrected chi connectivity index (χ3v) is 7.35. The van der Waals surface area contributed by atoms with Gasteiger partial charge >= 0.3 is 19.7 Å². The highest BCUT2D eigenvalue weighted by molar-refractivity contribution is 6.62. The summed E-state index contributed by atoms with van der Waals surface area (Å²) in [6.07, 6.45) is -8.66. The summed E-state index contributed by atoms with van der Waals surface area (Å²) in [5.74, 6) is -0.134. The molecule has 0 N–H and O–H groups in total. The van der Waals surface area contributed by atoms with E-state index < -0.39 is 47.3 Å². The molecule has 1 saturated heterocycles. The van der Waals surface area contributed by atoms with Gasteiger partial charge < -0.3 is 18.5 Å². The lowest BCUT2D eigenvalue weighted by Crippen LogP contribution is -2.41. The Kier molecular flexibility index (Phi) is 7.18. The molecule has 2 aromatic heterocycles. The molecule has 1 aliphatic heterocycles. The van der Waals surface area contributed by atoms with Crippen LogP contribution in [0.3, 0.4) is 0 Å². The van der Waals surface area contributed by atoms with Gasteiger partial charge in [-0.1, -0.05) is 17.7 Å². The topological polar surface area (TPSA) is 71.5 Å². The van der Waals surface area contributed by atoms with Crippen LogP contribution in [0.15, 0.2) is 53.1 Å². The fraction of sp³-hybridized carbons (Fsp3) is 0.333. The van der Waals surface area contributed by atoms with Crippen LogP contribution in [0.1, 0.15) is 39.3 Å². The number of hydrogen-bond donors (Lipinski definition) is 0. The van der Waals surface area contributed by atoms with Gasteiger partial charge in [0.25, 0.3) is 0 Å². The zero-order chi connectivity index (χ0) is 30.8. The zero-order valence-electron chi connectivity index (χ0n) is 22.8. The molecule has 5 rings (SSSR count). The lowest BCUT2D eigenvalue weighted by molar-refractivity contribution is -0.274. The molecule has 0 radical (unpaired) electrons. The highest BCUT2D eigenvalue weighted by atomic mass is 35.5. The number of rotatable bonds is 5. The van der Waals surface area contributed by atoms with Crippen molar-refractivity contribution in [1.82, 2.24) is 14.8 Å². The van der Waals surface area contributed by atoms with Gasteiger partial charge in [-0.15, -0.1) is 13.2 Å². The molecule has 2 aromatic carbocycles. The van der Waals surface area contributed by atoms with Crippen molar-refractivity contribution < 1.29 is 44.8 Å². The van der Waals surface area contributed by atoms with Crippen LogP contribution in [-0.4, -0.2) is 39.4 Å². The molecule has 42 heavy (non-hydrogen) atoms. The van der Waals surface area contributed by atoms with Crippen molar-refractivity contribution in [3.05, 3.63) is 65.3 Å². The Bertz CT molecular complexity index is 1610. The van der Waals surface area contributed by atoms with E-state index in [1.807, 2.05) is 27.7 Å². The molecular weight excluding hydrogens is 591 g/mol. The van der Waals surface area contributed by atoms with Crippen LogP contribution >= 0.6 is 11.6 Å². The number of halogens is 7. The Labute approximate surface area is 241 Å². The van der Waals surface area contributed by atoms with E-state index in [9.17, 15) is 26.3 Å². The molecule has 0 atom stereocenters. The van der Waals surface area contributed by atoms with Crippen LogP contribution < -0.4 is 10.2 Å². The fourth-order valence-corrected chi connectivity index (χ4v) is 4.59. The molecule has 0 spiro atoms. The van der Waals surface area contributed by atoms with Crippen LogP contribution in [0.2, 0.25) is 5.02 Å². The predicted molar refractivity (Wildman–Crippen MR) is 142 cm³/mol. The Morgan fingerprint density at radius 1 is 0.929 bits per heavy atom. The number of ether oxygens (including phenoxy) is 1. The second-order valence-corrected chi connectivity index (χ2v) is 11.0. The molecular formula is C27H23BClF6N3O4. The van der Waals surface area contributed by atoms with Crippen molar-refractivity contribution in [2.45, 2.75) is 58.4 Å². The number of oxazole rings is 1. The summed E-state index contributed by atoms with van der Waals surface area (Å²) >= 11 is 5.90. The van der Waals surface area contributed by atoms with Crippen LogP contribution in [0.4, 0.5) is 26.3 Å². The Hall–Kier alpha value is -3.49. The van der Waals surface area contributed by atoms with Gasteiger partial charge in [0.2, 0.25) is 0 Å². The quantitative estimate of drug-likeness (QED) is 0.173. The summed E-state index contributed by atoms with van der Waals surface area (Å²) in [5, 5.41) is 3.06. The summed E-state index contributed by atoms with van der Waals surface area (Å²) in [6, 6.07) is 9.68. The van der Waals surface area contributed by atoms with Crippen molar-refractivity contribution in [3.63, 3.8) is 0 Å². The molecule has 0 unspecified atom stereocenters. The second kappa shape index (κ2) is 10.1. The third kappa shape index (κ3) is 5.75. The summed E-state index contributed by atoms with van der Waals surface area (Å²) in [7, 11) is -0.832. The van der Waals surface area contributed by atoms with E-state index in [1.54, 1.807) is 19.1 Å². The molecule has 4 aromatic rings. The van der Waals surface area contributed by atoms with E-state index in [2.05, 4.69) is 14.8 Å². The lowest BCUT2D eigenvalue weighted by Gasteiger charge is -2.32.